The number of hydrogen-bond acceptors (Lipinski definition) is 6. The Kier molecular flexibility index (Phi) is 7.58. The maximum Gasteiger partial charge on any atom is 0.277 e. The van der Waals surface area contributed by atoms with Gasteiger partial charge < -0.3 is 15.2 Å². The second-order valence-electron chi connectivity index (χ2n) is 8.28. The minimum atomic E-state index is -0.788. The van der Waals surface area contributed by atoms with Gasteiger partial charge in [0.2, 0.25) is 5.91 Å². The van der Waals surface area contributed by atoms with Gasteiger partial charge in [-0.15, -0.1) is 0 Å². The molecule has 0 saturated carbocycles. The van der Waals surface area contributed by atoms with Crippen LogP contribution in [0.1, 0.15) is 11.3 Å². The summed E-state index contributed by atoms with van der Waals surface area (Å²) in [4.78, 5) is 40.8. The summed E-state index contributed by atoms with van der Waals surface area (Å²) in [5.41, 5.74) is 1.03. The number of aliphatic hydroxyl groups excluding tert-OH is 1. The normalized spacial score (nSPS) is 12.6. The summed E-state index contributed by atoms with van der Waals surface area (Å²) in [7, 11) is 1.62. The van der Waals surface area contributed by atoms with Crippen molar-refractivity contribution in [1.29, 1.82) is 0 Å². The van der Waals surface area contributed by atoms with E-state index in [4.69, 9.17) is 16.3 Å². The van der Waals surface area contributed by atoms with Gasteiger partial charge in [-0.25, -0.2) is 8.78 Å². The number of likely N-dealkylation sites (N-methyl/N-ethyl adjacent to an activating group) is 1. The second kappa shape index (κ2) is 10.7. The van der Waals surface area contributed by atoms with Crippen molar-refractivity contribution in [3.8, 4) is 11.4 Å². The van der Waals surface area contributed by atoms with Crippen LogP contribution >= 0.6 is 11.6 Å². The first-order valence-electron chi connectivity index (χ1n) is 11.2. The Morgan fingerprint density at radius 2 is 1.81 bits per heavy atom. The summed E-state index contributed by atoms with van der Waals surface area (Å²) < 4.78 is 34.0. The van der Waals surface area contributed by atoms with Crippen LogP contribution in [0.3, 0.4) is 0 Å². The summed E-state index contributed by atoms with van der Waals surface area (Å²) in [6.07, 6.45) is 0. The van der Waals surface area contributed by atoms with Gasteiger partial charge in [-0.05, 0) is 44.3 Å². The fourth-order valence-electron chi connectivity index (χ4n) is 4.05. The highest BCUT2D eigenvalue weighted by molar-refractivity contribution is 6.31. The van der Waals surface area contributed by atoms with Crippen molar-refractivity contribution in [2.24, 2.45) is 0 Å². The van der Waals surface area contributed by atoms with Crippen molar-refractivity contribution in [2.45, 2.75) is 13.5 Å². The number of halogens is 3. The van der Waals surface area contributed by atoms with Gasteiger partial charge in [0.25, 0.3) is 11.5 Å². The average molecular weight is 533 g/mol. The van der Waals surface area contributed by atoms with E-state index in [2.05, 4.69) is 5.32 Å². The molecule has 37 heavy (non-hydrogen) atoms. The molecule has 2 heterocycles. The predicted molar refractivity (Wildman–Crippen MR) is 133 cm³/mol. The molecule has 1 aromatic heterocycles. The van der Waals surface area contributed by atoms with Gasteiger partial charge in [0.1, 0.15) is 42.3 Å². The first-order chi connectivity index (χ1) is 17.7. The molecule has 0 saturated heterocycles. The zero-order chi connectivity index (χ0) is 26.9. The molecule has 194 valence electrons. The molecule has 0 unspecified atom stereocenters. The number of anilines is 2. The number of pyridine rings is 1. The van der Waals surface area contributed by atoms with Gasteiger partial charge in [0.15, 0.2) is 0 Å². The highest BCUT2D eigenvalue weighted by atomic mass is 35.5. The Bertz CT molecular complexity index is 1450. The molecular weight excluding hydrogens is 510 g/mol. The molecule has 0 spiro atoms. The number of ether oxygens (including phenoxy) is 1. The molecule has 1 aliphatic rings. The van der Waals surface area contributed by atoms with E-state index >= 15 is 0 Å². The molecule has 2 N–H and O–H groups in total. The molecular formula is C25H23ClF2N4O5. The first kappa shape index (κ1) is 26.3. The number of carbonyl (C=O) groups is 2. The maximum absolute atomic E-state index is 14.0. The van der Waals surface area contributed by atoms with Gasteiger partial charge in [0, 0.05) is 23.4 Å². The van der Waals surface area contributed by atoms with E-state index in [-0.39, 0.29) is 42.1 Å². The van der Waals surface area contributed by atoms with E-state index in [9.17, 15) is 28.3 Å². The summed E-state index contributed by atoms with van der Waals surface area (Å²) in [5, 5.41) is 11.9. The van der Waals surface area contributed by atoms with E-state index in [0.29, 0.717) is 22.8 Å². The van der Waals surface area contributed by atoms with Gasteiger partial charge in [-0.1, -0.05) is 11.6 Å². The van der Waals surface area contributed by atoms with E-state index in [1.54, 1.807) is 32.2 Å². The van der Waals surface area contributed by atoms with E-state index in [1.807, 2.05) is 0 Å². The topological polar surface area (TPSA) is 104 Å². The van der Waals surface area contributed by atoms with Crippen LogP contribution in [0.4, 0.5) is 20.2 Å². The van der Waals surface area contributed by atoms with Crippen LogP contribution in [-0.4, -0.2) is 48.4 Å². The van der Waals surface area contributed by atoms with Crippen LogP contribution in [-0.2, 0) is 16.2 Å². The monoisotopic (exact) mass is 532 g/mol. The smallest absolute Gasteiger partial charge is 0.277 e. The van der Waals surface area contributed by atoms with Crippen LogP contribution in [0.25, 0.3) is 5.69 Å². The number of aliphatic hydroxyl groups is 1. The van der Waals surface area contributed by atoms with Crippen molar-refractivity contribution in [1.82, 2.24) is 9.88 Å². The number of rotatable bonds is 7. The molecule has 12 heteroatoms. The number of aromatic nitrogens is 1. The quantitative estimate of drug-likeness (QED) is 0.485. The van der Waals surface area contributed by atoms with Gasteiger partial charge in [-0.2, -0.15) is 0 Å². The molecule has 1 aliphatic heterocycles. The van der Waals surface area contributed by atoms with Crippen LogP contribution in [0, 0.1) is 18.6 Å². The van der Waals surface area contributed by atoms with E-state index in [1.165, 1.54) is 26.5 Å². The molecule has 0 fully saturated rings. The number of carbonyl (C=O) groups excluding carboxylic acids is 2. The fourth-order valence-corrected chi connectivity index (χ4v) is 4.24. The lowest BCUT2D eigenvalue weighted by molar-refractivity contribution is -0.121. The van der Waals surface area contributed by atoms with Crippen molar-refractivity contribution < 1.29 is 28.2 Å². The van der Waals surface area contributed by atoms with Crippen LogP contribution < -0.4 is 25.4 Å². The third-order valence-corrected chi connectivity index (χ3v) is 6.19. The van der Waals surface area contributed by atoms with E-state index in [0.717, 1.165) is 12.1 Å². The summed E-state index contributed by atoms with van der Waals surface area (Å²) in [6, 6.07) is 9.32. The van der Waals surface area contributed by atoms with Gasteiger partial charge in [-0.3, -0.25) is 28.8 Å². The molecule has 3 aromatic rings. The number of benzene rings is 2. The van der Waals surface area contributed by atoms with Gasteiger partial charge >= 0.3 is 0 Å². The third kappa shape index (κ3) is 5.06. The van der Waals surface area contributed by atoms with Gasteiger partial charge in [0.05, 0.1) is 23.6 Å². The van der Waals surface area contributed by atoms with Crippen molar-refractivity contribution in [3.05, 3.63) is 80.7 Å². The minimum absolute atomic E-state index is 0.0197. The zero-order valence-electron chi connectivity index (χ0n) is 19.9. The Labute approximate surface area is 215 Å². The molecule has 0 bridgehead atoms. The fraction of sp³-hybridized carbons (Fsp3) is 0.240. The standard InChI is InChI=1S/C25H23ClF2N4O5/c1-14-7-21(37-12-15-3-4-16(27)8-18(15)28)24(26)25(36)32(14)17-5-6-19-20(9-17)31(23(35)11-33)13-30(19)22(34)10-29-2/h3-9,29,33H,10-13H2,1-2H3. The largest absolute Gasteiger partial charge is 0.487 e. The zero-order valence-corrected chi connectivity index (χ0v) is 20.7. The highest BCUT2D eigenvalue weighted by Gasteiger charge is 2.33. The molecule has 9 nitrogen and oxygen atoms in total. The summed E-state index contributed by atoms with van der Waals surface area (Å²) in [6.45, 7) is 0.557. The highest BCUT2D eigenvalue weighted by Crippen LogP contribution is 2.38. The molecule has 0 radical (unpaired) electrons. The molecule has 0 atom stereocenters. The maximum atomic E-state index is 14.0. The number of aryl methyl sites for hydroxylation is 1. The first-order valence-corrected chi connectivity index (χ1v) is 11.5. The summed E-state index contributed by atoms with van der Waals surface area (Å²) >= 11 is 6.30. The average Bonchev–Trinajstić information content (AvgIpc) is 3.25. The lowest BCUT2D eigenvalue weighted by Gasteiger charge is -2.18. The Morgan fingerprint density at radius 1 is 1.08 bits per heavy atom. The molecule has 2 amide bonds. The minimum Gasteiger partial charge on any atom is -0.487 e. The molecule has 4 rings (SSSR count). The Balaban J connectivity index is 1.70. The third-order valence-electron chi connectivity index (χ3n) is 5.85. The lowest BCUT2D eigenvalue weighted by Crippen LogP contribution is -2.42. The number of hydrogen-bond donors (Lipinski definition) is 2. The van der Waals surface area contributed by atoms with Crippen LogP contribution in [0.15, 0.2) is 47.3 Å². The number of nitrogens with zero attached hydrogens (tertiary/aromatic N) is 3. The SMILES string of the molecule is CNCC(=O)N1CN(C(=O)CO)c2cc(-n3c(C)cc(OCc4ccc(F)cc4F)c(Cl)c3=O)ccc21. The summed E-state index contributed by atoms with van der Waals surface area (Å²) in [5.74, 6) is -2.38. The molecule has 0 aliphatic carbocycles. The lowest BCUT2D eigenvalue weighted by atomic mass is 10.2. The molecule has 2 aromatic carbocycles. The van der Waals surface area contributed by atoms with Crippen LogP contribution in [0.2, 0.25) is 5.02 Å². The number of fused-ring (bicyclic) bond motifs is 1. The second-order valence-corrected chi connectivity index (χ2v) is 8.65. The van der Waals surface area contributed by atoms with Crippen molar-refractivity contribution >= 4 is 34.8 Å². The predicted octanol–water partition coefficient (Wildman–Crippen LogP) is 2.51. The number of amides is 2. The Morgan fingerprint density at radius 3 is 2.49 bits per heavy atom. The van der Waals surface area contributed by atoms with Crippen molar-refractivity contribution in [2.75, 3.05) is 36.7 Å². The number of nitrogens with one attached hydrogen (secondary N) is 1. The Hall–Kier alpha value is -3.80. The van der Waals surface area contributed by atoms with E-state index < -0.39 is 29.7 Å². The van der Waals surface area contributed by atoms with Crippen molar-refractivity contribution in [3.63, 3.8) is 0 Å². The van der Waals surface area contributed by atoms with Crippen LogP contribution in [0.5, 0.6) is 5.75 Å².